The minimum absolute atomic E-state index is 0.101. The molecule has 0 spiro atoms. The molecule has 2 amide bonds. The third-order valence-corrected chi connectivity index (χ3v) is 5.34. The molecule has 0 aromatic rings. The zero-order valence-corrected chi connectivity index (χ0v) is 14.0. The van der Waals surface area contributed by atoms with Gasteiger partial charge < -0.3 is 19.7 Å². The maximum absolute atomic E-state index is 12.2. The first-order valence-corrected chi connectivity index (χ1v) is 9.16. The molecule has 2 aliphatic heterocycles. The molecule has 23 heavy (non-hydrogen) atoms. The molecule has 0 bridgehead atoms. The van der Waals surface area contributed by atoms with E-state index in [1.807, 2.05) is 4.90 Å². The predicted octanol–water partition coefficient (Wildman–Crippen LogP) is 2.43. The number of nitrogens with zero attached hydrogens (tertiary/aromatic N) is 1. The number of fused-ring (bicyclic) bond motifs is 1. The van der Waals surface area contributed by atoms with E-state index in [4.69, 9.17) is 9.47 Å². The van der Waals surface area contributed by atoms with Crippen molar-refractivity contribution in [3.8, 4) is 0 Å². The molecule has 0 radical (unpaired) electrons. The molecule has 5 nitrogen and oxygen atoms in total. The number of urea groups is 1. The second-order valence-electron chi connectivity index (χ2n) is 7.08. The monoisotopic (exact) mass is 322 g/mol. The van der Waals surface area contributed by atoms with E-state index < -0.39 is 0 Å². The highest BCUT2D eigenvalue weighted by atomic mass is 16.5. The number of ether oxygens (including phenoxy) is 2. The highest BCUT2D eigenvalue weighted by Crippen LogP contribution is 2.32. The van der Waals surface area contributed by atoms with Gasteiger partial charge in [0, 0.05) is 46.1 Å². The third-order valence-electron chi connectivity index (χ3n) is 5.34. The van der Waals surface area contributed by atoms with E-state index in [1.54, 1.807) is 0 Å². The highest BCUT2D eigenvalue weighted by molar-refractivity contribution is 5.74. The van der Waals surface area contributed by atoms with Crippen LogP contribution in [0.3, 0.4) is 0 Å². The van der Waals surface area contributed by atoms with Crippen LogP contribution in [0.25, 0.3) is 0 Å². The first-order valence-electron chi connectivity index (χ1n) is 9.16. The summed E-state index contributed by atoms with van der Waals surface area (Å²) >= 11 is 0. The van der Waals surface area contributed by atoms with Crippen LogP contribution in [0, 0.1) is 17.8 Å². The number of likely N-dealkylation sites (tertiary alicyclic amines) is 1. The van der Waals surface area contributed by atoms with Gasteiger partial charge in [-0.15, -0.1) is 0 Å². The molecule has 130 valence electrons. The predicted molar refractivity (Wildman–Crippen MR) is 89.3 cm³/mol. The first-order chi connectivity index (χ1) is 11.3. The maximum Gasteiger partial charge on any atom is 0.317 e. The fourth-order valence-electron chi connectivity index (χ4n) is 3.83. The van der Waals surface area contributed by atoms with Crippen LogP contribution < -0.4 is 5.32 Å². The minimum Gasteiger partial charge on any atom is -0.381 e. The number of carbonyl (C=O) groups is 1. The van der Waals surface area contributed by atoms with Crippen molar-refractivity contribution in [2.45, 2.75) is 32.1 Å². The number of carbonyl (C=O) groups excluding carboxylic acids is 1. The molecule has 3 rings (SSSR count). The molecule has 3 aliphatic rings. The van der Waals surface area contributed by atoms with Crippen molar-refractivity contribution in [1.29, 1.82) is 0 Å². The molecule has 2 fully saturated rings. The SMILES string of the molecule is O=C(NCCCOCC1CCOCC1)N1CC2CC=CCC2C1. The molecule has 1 aliphatic carbocycles. The van der Waals surface area contributed by atoms with Gasteiger partial charge in [0.05, 0.1) is 0 Å². The van der Waals surface area contributed by atoms with Gasteiger partial charge in [-0.2, -0.15) is 0 Å². The fraction of sp³-hybridized carbons (Fsp3) is 0.833. The van der Waals surface area contributed by atoms with Gasteiger partial charge in [-0.05, 0) is 49.9 Å². The number of hydrogen-bond donors (Lipinski definition) is 1. The number of nitrogens with one attached hydrogen (secondary N) is 1. The van der Waals surface area contributed by atoms with Crippen molar-refractivity contribution in [2.24, 2.45) is 17.8 Å². The Balaban J connectivity index is 1.22. The van der Waals surface area contributed by atoms with Gasteiger partial charge >= 0.3 is 6.03 Å². The van der Waals surface area contributed by atoms with Crippen LogP contribution >= 0.6 is 0 Å². The Morgan fingerprint density at radius 3 is 2.57 bits per heavy atom. The first kappa shape index (κ1) is 16.8. The number of hydrogen-bond acceptors (Lipinski definition) is 3. The van der Waals surface area contributed by atoms with E-state index in [0.717, 1.165) is 71.6 Å². The summed E-state index contributed by atoms with van der Waals surface area (Å²) in [6.45, 7) is 5.85. The van der Waals surface area contributed by atoms with Crippen molar-refractivity contribution in [2.75, 3.05) is 46.1 Å². The van der Waals surface area contributed by atoms with Crippen molar-refractivity contribution in [3.05, 3.63) is 12.2 Å². The van der Waals surface area contributed by atoms with E-state index in [0.29, 0.717) is 24.3 Å². The maximum atomic E-state index is 12.2. The lowest BCUT2D eigenvalue weighted by Gasteiger charge is -2.21. The summed E-state index contributed by atoms with van der Waals surface area (Å²) in [5.41, 5.74) is 0. The molecule has 2 atom stereocenters. The second kappa shape index (κ2) is 8.69. The normalized spacial score (nSPS) is 27.9. The zero-order valence-electron chi connectivity index (χ0n) is 14.0. The molecule has 0 saturated carbocycles. The van der Waals surface area contributed by atoms with Gasteiger partial charge in [-0.3, -0.25) is 0 Å². The summed E-state index contributed by atoms with van der Waals surface area (Å²) in [5, 5.41) is 3.04. The Kier molecular flexibility index (Phi) is 6.34. The van der Waals surface area contributed by atoms with Crippen LogP contribution in [0.15, 0.2) is 12.2 Å². The van der Waals surface area contributed by atoms with E-state index in [9.17, 15) is 4.79 Å². The minimum atomic E-state index is 0.101. The molecular weight excluding hydrogens is 292 g/mol. The lowest BCUT2D eigenvalue weighted by Crippen LogP contribution is -2.39. The van der Waals surface area contributed by atoms with Crippen molar-refractivity contribution in [1.82, 2.24) is 10.2 Å². The molecule has 5 heteroatoms. The standard InChI is InChI=1S/C18H30N2O3/c21-18(20-12-16-4-1-2-5-17(16)13-20)19-8-3-9-23-14-15-6-10-22-11-7-15/h1-2,15-17H,3-14H2,(H,19,21). The molecule has 0 aromatic carbocycles. The lowest BCUT2D eigenvalue weighted by molar-refractivity contribution is 0.0202. The lowest BCUT2D eigenvalue weighted by atomic mass is 9.86. The average Bonchev–Trinajstić information content (AvgIpc) is 3.03. The molecular formula is C18H30N2O3. The summed E-state index contributed by atoms with van der Waals surface area (Å²) in [6.07, 6.45) is 9.91. The molecule has 2 heterocycles. The van der Waals surface area contributed by atoms with Crippen LogP contribution in [0.4, 0.5) is 4.79 Å². The molecule has 1 N–H and O–H groups in total. The summed E-state index contributed by atoms with van der Waals surface area (Å²) in [5.74, 6) is 2.00. The van der Waals surface area contributed by atoms with Gasteiger partial charge in [0.25, 0.3) is 0 Å². The average molecular weight is 322 g/mol. The fourth-order valence-corrected chi connectivity index (χ4v) is 3.83. The summed E-state index contributed by atoms with van der Waals surface area (Å²) in [4.78, 5) is 14.2. The van der Waals surface area contributed by atoms with E-state index >= 15 is 0 Å². The Morgan fingerprint density at radius 1 is 1.17 bits per heavy atom. The van der Waals surface area contributed by atoms with Crippen LogP contribution in [-0.2, 0) is 9.47 Å². The summed E-state index contributed by atoms with van der Waals surface area (Å²) < 4.78 is 11.1. The quantitative estimate of drug-likeness (QED) is 0.603. The van der Waals surface area contributed by atoms with E-state index in [1.165, 1.54) is 0 Å². The van der Waals surface area contributed by atoms with Gasteiger partial charge in [-0.25, -0.2) is 4.79 Å². The van der Waals surface area contributed by atoms with Crippen molar-refractivity contribution in [3.63, 3.8) is 0 Å². The summed E-state index contributed by atoms with van der Waals surface area (Å²) in [6, 6.07) is 0.101. The van der Waals surface area contributed by atoms with Gasteiger partial charge in [0.1, 0.15) is 0 Å². The van der Waals surface area contributed by atoms with Crippen LogP contribution in [-0.4, -0.2) is 57.0 Å². The van der Waals surface area contributed by atoms with Crippen LogP contribution in [0.1, 0.15) is 32.1 Å². The second-order valence-corrected chi connectivity index (χ2v) is 7.08. The van der Waals surface area contributed by atoms with Crippen LogP contribution in [0.2, 0.25) is 0 Å². The highest BCUT2D eigenvalue weighted by Gasteiger charge is 2.34. The Bertz CT molecular complexity index is 391. The number of allylic oxidation sites excluding steroid dienone is 2. The molecule has 2 unspecified atom stereocenters. The zero-order chi connectivity index (χ0) is 15.9. The van der Waals surface area contributed by atoms with Gasteiger partial charge in [-0.1, -0.05) is 12.2 Å². The van der Waals surface area contributed by atoms with Gasteiger partial charge in [0.15, 0.2) is 0 Å². The molecule has 0 aromatic heterocycles. The summed E-state index contributed by atoms with van der Waals surface area (Å²) in [7, 11) is 0. The smallest absolute Gasteiger partial charge is 0.317 e. The van der Waals surface area contributed by atoms with E-state index in [-0.39, 0.29) is 6.03 Å². The third kappa shape index (κ3) is 4.95. The van der Waals surface area contributed by atoms with E-state index in [2.05, 4.69) is 17.5 Å². The Hall–Kier alpha value is -1.07. The number of rotatable bonds is 6. The topological polar surface area (TPSA) is 50.8 Å². The largest absolute Gasteiger partial charge is 0.381 e. The van der Waals surface area contributed by atoms with Gasteiger partial charge in [0.2, 0.25) is 0 Å². The Morgan fingerprint density at radius 2 is 1.87 bits per heavy atom. The van der Waals surface area contributed by atoms with Crippen LogP contribution in [0.5, 0.6) is 0 Å². The van der Waals surface area contributed by atoms with Crippen molar-refractivity contribution >= 4 is 6.03 Å². The number of amides is 2. The Labute approximate surface area is 139 Å². The van der Waals surface area contributed by atoms with Crippen molar-refractivity contribution < 1.29 is 14.3 Å². The molecule has 2 saturated heterocycles.